The number of carbonyl (C=O) groups is 1. The monoisotopic (exact) mass is 416 g/mol. The van der Waals surface area contributed by atoms with Gasteiger partial charge in [-0.15, -0.1) is 0 Å². The summed E-state index contributed by atoms with van der Waals surface area (Å²) < 4.78 is 11.0. The van der Waals surface area contributed by atoms with Gasteiger partial charge in [0.05, 0.1) is 0 Å². The van der Waals surface area contributed by atoms with Gasteiger partial charge in [-0.05, 0) is 101 Å². The highest BCUT2D eigenvalue weighted by atomic mass is 16.7. The Hall–Kier alpha value is -1.83. The second-order valence-corrected chi connectivity index (χ2v) is 8.75. The van der Waals surface area contributed by atoms with Gasteiger partial charge in [-0.3, -0.25) is 4.79 Å². The third-order valence-corrected chi connectivity index (χ3v) is 6.66. The van der Waals surface area contributed by atoms with E-state index in [0.29, 0.717) is 5.92 Å². The molecule has 1 unspecified atom stereocenters. The maximum atomic E-state index is 13.1. The Morgan fingerprint density at radius 2 is 1.57 bits per heavy atom. The molecule has 0 aromatic heterocycles. The fourth-order valence-electron chi connectivity index (χ4n) is 4.73. The van der Waals surface area contributed by atoms with Crippen molar-refractivity contribution in [2.45, 2.75) is 44.6 Å². The van der Waals surface area contributed by atoms with Gasteiger partial charge in [0.2, 0.25) is 12.7 Å². The van der Waals surface area contributed by atoms with E-state index in [1.165, 1.54) is 25.7 Å². The summed E-state index contributed by atoms with van der Waals surface area (Å²) in [7, 11) is 0. The van der Waals surface area contributed by atoms with E-state index in [-0.39, 0.29) is 18.7 Å². The Bertz CT molecular complexity index is 687. The van der Waals surface area contributed by atoms with Crippen molar-refractivity contribution in [2.24, 2.45) is 11.8 Å². The second-order valence-electron chi connectivity index (χ2n) is 8.75. The highest BCUT2D eigenvalue weighted by Crippen LogP contribution is 2.34. The predicted octanol–water partition coefficient (Wildman–Crippen LogP) is 1.94. The van der Waals surface area contributed by atoms with Crippen molar-refractivity contribution in [3.8, 4) is 11.5 Å². The highest BCUT2D eigenvalue weighted by Gasteiger charge is 2.24. The number of fused-ring (bicyclic) bond motifs is 1. The number of ether oxygens (including phenoxy) is 2. The maximum Gasteiger partial charge on any atom is 0.241 e. The first-order valence-corrected chi connectivity index (χ1v) is 11.6. The van der Waals surface area contributed by atoms with Gasteiger partial charge >= 0.3 is 0 Å². The van der Waals surface area contributed by atoms with E-state index in [2.05, 4.69) is 21.3 Å². The molecule has 30 heavy (non-hydrogen) atoms. The number of hydrogen-bond acceptors (Lipinski definition) is 6. The fourth-order valence-corrected chi connectivity index (χ4v) is 4.73. The van der Waals surface area contributed by atoms with Crippen LogP contribution in [0.2, 0.25) is 0 Å². The minimum Gasteiger partial charge on any atom is -0.454 e. The number of hydrogen-bond donors (Lipinski definition) is 4. The summed E-state index contributed by atoms with van der Waals surface area (Å²) in [5, 5.41) is 13.5. The van der Waals surface area contributed by atoms with Gasteiger partial charge in [0.15, 0.2) is 11.5 Å². The lowest BCUT2D eigenvalue weighted by atomic mass is 9.94. The first kappa shape index (κ1) is 21.4. The minimum atomic E-state index is -0.366. The van der Waals surface area contributed by atoms with Crippen molar-refractivity contribution in [1.29, 1.82) is 0 Å². The van der Waals surface area contributed by atoms with Crippen LogP contribution in [0.15, 0.2) is 18.2 Å². The Labute approximate surface area is 179 Å². The molecule has 0 spiro atoms. The van der Waals surface area contributed by atoms with E-state index in [1.54, 1.807) is 0 Å². The molecular formula is C23H36N4O3. The summed E-state index contributed by atoms with van der Waals surface area (Å²) in [6, 6.07) is 5.45. The normalized spacial score (nSPS) is 20.8. The third kappa shape index (κ3) is 5.86. The number of benzene rings is 1. The molecule has 0 aliphatic carbocycles. The van der Waals surface area contributed by atoms with E-state index in [9.17, 15) is 4.79 Å². The molecule has 4 rings (SSSR count). The van der Waals surface area contributed by atoms with E-state index >= 15 is 0 Å². The molecule has 166 valence electrons. The Morgan fingerprint density at radius 1 is 0.933 bits per heavy atom. The standard InChI is InChI=1S/C23H36N4O3/c28-23(27-14-8-18-5-11-25-12-6-18)22(26-13-7-17-3-9-24-10-4-17)19-1-2-20-21(15-19)30-16-29-20/h1-2,15,17-18,22,24-26H,3-14,16H2,(H,27,28). The Kier molecular flexibility index (Phi) is 7.83. The van der Waals surface area contributed by atoms with Crippen LogP contribution in [0.25, 0.3) is 0 Å². The first-order valence-electron chi connectivity index (χ1n) is 11.6. The van der Waals surface area contributed by atoms with Crippen LogP contribution in [0.5, 0.6) is 11.5 Å². The molecule has 1 aromatic rings. The molecule has 7 nitrogen and oxygen atoms in total. The van der Waals surface area contributed by atoms with E-state index in [4.69, 9.17) is 9.47 Å². The van der Waals surface area contributed by atoms with Gasteiger partial charge in [-0.1, -0.05) is 6.07 Å². The summed E-state index contributed by atoms with van der Waals surface area (Å²) in [5.74, 6) is 2.97. The van der Waals surface area contributed by atoms with Crippen LogP contribution in [0.4, 0.5) is 0 Å². The van der Waals surface area contributed by atoms with Gasteiger partial charge in [0.25, 0.3) is 0 Å². The summed E-state index contributed by atoms with van der Waals surface area (Å²) in [4.78, 5) is 13.1. The molecular weight excluding hydrogens is 380 g/mol. The topological polar surface area (TPSA) is 83.7 Å². The molecule has 7 heteroatoms. The number of nitrogens with one attached hydrogen (secondary N) is 4. The number of carbonyl (C=O) groups excluding carboxylic acids is 1. The lowest BCUT2D eigenvalue weighted by Gasteiger charge is -2.25. The zero-order valence-corrected chi connectivity index (χ0v) is 17.9. The van der Waals surface area contributed by atoms with Gasteiger partial charge < -0.3 is 30.7 Å². The van der Waals surface area contributed by atoms with Crippen LogP contribution >= 0.6 is 0 Å². The summed E-state index contributed by atoms with van der Waals surface area (Å²) in [6.07, 6.45) is 7.00. The van der Waals surface area contributed by atoms with Crippen molar-refractivity contribution >= 4 is 5.91 Å². The Balaban J connectivity index is 1.33. The zero-order chi connectivity index (χ0) is 20.6. The number of piperidine rings is 2. The molecule has 3 aliphatic rings. The second kappa shape index (κ2) is 11.0. The van der Waals surface area contributed by atoms with Crippen molar-refractivity contribution < 1.29 is 14.3 Å². The molecule has 0 radical (unpaired) electrons. The van der Waals surface area contributed by atoms with Crippen molar-refractivity contribution in [3.63, 3.8) is 0 Å². The average molecular weight is 417 g/mol. The molecule has 2 fully saturated rings. The van der Waals surface area contributed by atoms with Gasteiger partial charge in [0.1, 0.15) is 6.04 Å². The molecule has 1 aromatic carbocycles. The summed E-state index contributed by atoms with van der Waals surface area (Å²) >= 11 is 0. The zero-order valence-electron chi connectivity index (χ0n) is 17.9. The molecule has 4 N–H and O–H groups in total. The molecule has 0 bridgehead atoms. The molecule has 2 saturated heterocycles. The van der Waals surface area contributed by atoms with Crippen LogP contribution < -0.4 is 30.7 Å². The van der Waals surface area contributed by atoms with Crippen LogP contribution in [0.3, 0.4) is 0 Å². The van der Waals surface area contributed by atoms with Crippen LogP contribution in [0.1, 0.15) is 50.1 Å². The van der Waals surface area contributed by atoms with E-state index in [1.807, 2.05) is 18.2 Å². The average Bonchev–Trinajstić information content (AvgIpc) is 3.26. The number of rotatable bonds is 9. The molecule has 3 aliphatic heterocycles. The third-order valence-electron chi connectivity index (χ3n) is 6.66. The van der Waals surface area contributed by atoms with Crippen LogP contribution in [-0.4, -0.2) is 52.0 Å². The maximum absolute atomic E-state index is 13.1. The Morgan fingerprint density at radius 3 is 2.27 bits per heavy atom. The predicted molar refractivity (Wildman–Crippen MR) is 117 cm³/mol. The van der Waals surface area contributed by atoms with Gasteiger partial charge in [-0.25, -0.2) is 0 Å². The molecule has 3 heterocycles. The van der Waals surface area contributed by atoms with Crippen molar-refractivity contribution in [2.75, 3.05) is 46.1 Å². The van der Waals surface area contributed by atoms with E-state index in [0.717, 1.165) is 75.1 Å². The summed E-state index contributed by atoms with van der Waals surface area (Å²) in [5.41, 5.74) is 0.934. The quantitative estimate of drug-likeness (QED) is 0.493. The van der Waals surface area contributed by atoms with Gasteiger partial charge in [-0.2, -0.15) is 0 Å². The largest absolute Gasteiger partial charge is 0.454 e. The molecule has 0 saturated carbocycles. The molecule has 1 atom stereocenters. The fraction of sp³-hybridized carbons (Fsp3) is 0.696. The number of amides is 1. The highest BCUT2D eigenvalue weighted by molar-refractivity contribution is 5.83. The lowest BCUT2D eigenvalue weighted by molar-refractivity contribution is -0.123. The lowest BCUT2D eigenvalue weighted by Crippen LogP contribution is -2.40. The van der Waals surface area contributed by atoms with Crippen LogP contribution in [0, 0.1) is 11.8 Å². The van der Waals surface area contributed by atoms with Crippen LogP contribution in [-0.2, 0) is 4.79 Å². The van der Waals surface area contributed by atoms with Crippen molar-refractivity contribution in [1.82, 2.24) is 21.3 Å². The SMILES string of the molecule is O=C(NCCC1CCNCC1)C(NCCC1CCNCC1)c1ccc2c(c1)OCO2. The molecule has 1 amide bonds. The summed E-state index contributed by atoms with van der Waals surface area (Å²) in [6.45, 7) is 6.22. The van der Waals surface area contributed by atoms with Crippen molar-refractivity contribution in [3.05, 3.63) is 23.8 Å². The van der Waals surface area contributed by atoms with Gasteiger partial charge in [0, 0.05) is 6.54 Å². The smallest absolute Gasteiger partial charge is 0.241 e. The van der Waals surface area contributed by atoms with E-state index < -0.39 is 0 Å². The minimum absolute atomic E-state index is 0.0492. The first-order chi connectivity index (χ1) is 14.8.